The minimum absolute atomic E-state index is 0.263. The number of ketones is 2. The fourth-order valence-corrected chi connectivity index (χ4v) is 7.15. The van der Waals surface area contributed by atoms with Gasteiger partial charge in [0.1, 0.15) is 17.2 Å². The second-order valence-corrected chi connectivity index (χ2v) is 10.9. The summed E-state index contributed by atoms with van der Waals surface area (Å²) in [6, 6.07) is 27.3. The molecular weight excluding hydrogens is 536 g/mol. The van der Waals surface area contributed by atoms with E-state index in [4.69, 9.17) is 16.3 Å². The van der Waals surface area contributed by atoms with Crippen LogP contribution in [0.1, 0.15) is 43.4 Å². The zero-order valence-corrected chi connectivity index (χ0v) is 22.8. The van der Waals surface area contributed by atoms with E-state index in [1.54, 1.807) is 55.6 Å². The standard InChI is InChI=1S/C34H25ClN2O4/c1-41-22-16-14-21(15-17-22)30(38)29-28(31(39)24-10-4-6-12-26(24)35)34(25-11-5-7-13-27(25)36-33(34)40)32-23-9-3-2-8-20(23)18-19-37(29)32/h2-19,28-29,32H,1H3,(H,36,40)/t28-,29+,32+,34+/m1/s1. The van der Waals surface area contributed by atoms with Crippen molar-refractivity contribution in [2.45, 2.75) is 17.5 Å². The largest absolute Gasteiger partial charge is 0.497 e. The van der Waals surface area contributed by atoms with Gasteiger partial charge in [-0.25, -0.2) is 0 Å². The Labute approximate surface area is 242 Å². The summed E-state index contributed by atoms with van der Waals surface area (Å²) in [5, 5.41) is 3.33. The first-order valence-electron chi connectivity index (χ1n) is 13.4. The van der Waals surface area contributed by atoms with E-state index in [0.717, 1.165) is 11.1 Å². The van der Waals surface area contributed by atoms with Gasteiger partial charge in [-0.15, -0.1) is 0 Å². The van der Waals surface area contributed by atoms with Gasteiger partial charge >= 0.3 is 0 Å². The van der Waals surface area contributed by atoms with Gasteiger partial charge in [0.15, 0.2) is 11.6 Å². The smallest absolute Gasteiger partial charge is 0.238 e. The van der Waals surface area contributed by atoms with Gasteiger partial charge in [-0.2, -0.15) is 0 Å². The van der Waals surface area contributed by atoms with E-state index in [1.807, 2.05) is 65.7 Å². The number of amides is 1. The highest BCUT2D eigenvalue weighted by atomic mass is 35.5. The lowest BCUT2D eigenvalue weighted by atomic mass is 9.62. The molecule has 0 saturated carbocycles. The van der Waals surface area contributed by atoms with Crippen LogP contribution >= 0.6 is 11.6 Å². The summed E-state index contributed by atoms with van der Waals surface area (Å²) in [6.07, 6.45) is 3.80. The average Bonchev–Trinajstić information content (AvgIpc) is 3.49. The Hall–Kier alpha value is -4.68. The highest BCUT2D eigenvalue weighted by Gasteiger charge is 2.70. The third-order valence-electron chi connectivity index (χ3n) is 8.64. The molecule has 0 bridgehead atoms. The second-order valence-electron chi connectivity index (χ2n) is 10.5. The minimum atomic E-state index is -1.40. The van der Waals surface area contributed by atoms with Gasteiger partial charge < -0.3 is 15.0 Å². The van der Waals surface area contributed by atoms with Crippen molar-refractivity contribution in [2.24, 2.45) is 5.92 Å². The van der Waals surface area contributed by atoms with Crippen LogP contribution in [0.15, 0.2) is 103 Å². The first-order valence-corrected chi connectivity index (χ1v) is 13.8. The number of Topliss-reactive ketones (excluding diaryl/α,β-unsaturated/α-hetero) is 2. The third-order valence-corrected chi connectivity index (χ3v) is 8.96. The van der Waals surface area contributed by atoms with Crippen LogP contribution in [0.3, 0.4) is 0 Å². The molecule has 4 aromatic carbocycles. The summed E-state index contributed by atoms with van der Waals surface area (Å²) in [5.74, 6) is -1.40. The van der Waals surface area contributed by atoms with E-state index in [9.17, 15) is 14.4 Å². The molecule has 1 saturated heterocycles. The number of benzene rings is 4. The summed E-state index contributed by atoms with van der Waals surface area (Å²) >= 11 is 6.59. The lowest BCUT2D eigenvalue weighted by Gasteiger charge is -2.38. The van der Waals surface area contributed by atoms with Crippen molar-refractivity contribution in [1.29, 1.82) is 0 Å². The monoisotopic (exact) mass is 560 g/mol. The normalized spacial score (nSPS) is 23.5. The summed E-state index contributed by atoms with van der Waals surface area (Å²) in [6.45, 7) is 0. The Morgan fingerprint density at radius 2 is 1.59 bits per heavy atom. The number of anilines is 1. The minimum Gasteiger partial charge on any atom is -0.497 e. The molecule has 0 radical (unpaired) electrons. The number of fused-ring (bicyclic) bond motifs is 6. The average molecular weight is 561 g/mol. The number of hydrogen-bond donors (Lipinski definition) is 1. The number of carbonyl (C=O) groups is 3. The predicted molar refractivity (Wildman–Crippen MR) is 157 cm³/mol. The number of carbonyl (C=O) groups excluding carboxylic acids is 3. The van der Waals surface area contributed by atoms with Crippen molar-refractivity contribution < 1.29 is 19.1 Å². The topological polar surface area (TPSA) is 75.7 Å². The lowest BCUT2D eigenvalue weighted by Crippen LogP contribution is -2.49. The van der Waals surface area contributed by atoms with Crippen molar-refractivity contribution in [3.8, 4) is 5.75 Å². The highest BCUT2D eigenvalue weighted by Crippen LogP contribution is 2.62. The van der Waals surface area contributed by atoms with Crippen LogP contribution in [0.25, 0.3) is 6.08 Å². The molecule has 6 nitrogen and oxygen atoms in total. The quantitative estimate of drug-likeness (QED) is 0.289. The summed E-state index contributed by atoms with van der Waals surface area (Å²) in [4.78, 5) is 45.7. The van der Waals surface area contributed by atoms with E-state index >= 15 is 0 Å². The molecule has 1 amide bonds. The van der Waals surface area contributed by atoms with Crippen LogP contribution < -0.4 is 10.1 Å². The first kappa shape index (κ1) is 25.3. The number of halogens is 1. The summed E-state index contributed by atoms with van der Waals surface area (Å²) in [5.41, 5.74) is 2.44. The zero-order chi connectivity index (χ0) is 28.3. The molecule has 3 aliphatic heterocycles. The predicted octanol–water partition coefficient (Wildman–Crippen LogP) is 6.33. The van der Waals surface area contributed by atoms with E-state index < -0.39 is 23.4 Å². The number of nitrogens with zero attached hydrogens (tertiary/aromatic N) is 1. The van der Waals surface area contributed by atoms with Gasteiger partial charge in [-0.1, -0.05) is 66.2 Å². The highest BCUT2D eigenvalue weighted by molar-refractivity contribution is 6.34. The third kappa shape index (κ3) is 3.54. The number of rotatable bonds is 5. The van der Waals surface area contributed by atoms with Crippen LogP contribution in [0.5, 0.6) is 5.75 Å². The Kier molecular flexibility index (Phi) is 5.84. The molecule has 1 fully saturated rings. The molecule has 3 heterocycles. The SMILES string of the molecule is COc1ccc(C(=O)[C@@H]2[C@H](C(=O)c3ccccc3Cl)[C@]3(C(=O)Nc4ccccc43)[C@@H]3c4ccccc4C=CN23)cc1. The van der Waals surface area contributed by atoms with Crippen LogP contribution in [-0.4, -0.2) is 35.5 Å². The van der Waals surface area contributed by atoms with Crippen LogP contribution in [0, 0.1) is 5.92 Å². The molecule has 1 N–H and O–H groups in total. The van der Waals surface area contributed by atoms with E-state index in [1.165, 1.54) is 0 Å². The molecule has 202 valence electrons. The van der Waals surface area contributed by atoms with Gasteiger partial charge in [-0.05, 0) is 65.2 Å². The maximum Gasteiger partial charge on any atom is 0.238 e. The number of para-hydroxylation sites is 1. The maximum absolute atomic E-state index is 14.8. The van der Waals surface area contributed by atoms with Crippen molar-refractivity contribution in [2.75, 3.05) is 12.4 Å². The van der Waals surface area contributed by atoms with E-state index in [2.05, 4.69) is 5.32 Å². The van der Waals surface area contributed by atoms with Gasteiger partial charge in [0.05, 0.1) is 24.1 Å². The maximum atomic E-state index is 14.8. The van der Waals surface area contributed by atoms with Crippen LogP contribution in [0.4, 0.5) is 5.69 Å². The van der Waals surface area contributed by atoms with Gasteiger partial charge in [0, 0.05) is 23.0 Å². The first-order chi connectivity index (χ1) is 20.0. The van der Waals surface area contributed by atoms with Crippen molar-refractivity contribution >= 4 is 40.8 Å². The zero-order valence-electron chi connectivity index (χ0n) is 22.1. The van der Waals surface area contributed by atoms with Crippen molar-refractivity contribution in [1.82, 2.24) is 4.90 Å². The molecule has 0 unspecified atom stereocenters. The molecule has 1 spiro atoms. The molecule has 0 aromatic heterocycles. The Bertz CT molecular complexity index is 1760. The molecule has 0 aliphatic carbocycles. The van der Waals surface area contributed by atoms with E-state index in [-0.39, 0.29) is 28.1 Å². The van der Waals surface area contributed by atoms with Crippen molar-refractivity contribution in [3.63, 3.8) is 0 Å². The number of methoxy groups -OCH3 is 1. The van der Waals surface area contributed by atoms with Gasteiger partial charge in [-0.3, -0.25) is 14.4 Å². The molecule has 41 heavy (non-hydrogen) atoms. The van der Waals surface area contributed by atoms with Crippen LogP contribution in [0.2, 0.25) is 5.02 Å². The molecule has 7 rings (SSSR count). The molecular formula is C34H25ClN2O4. The summed E-state index contributed by atoms with van der Waals surface area (Å²) in [7, 11) is 1.56. The van der Waals surface area contributed by atoms with E-state index in [0.29, 0.717) is 22.6 Å². The molecule has 4 atom stereocenters. The fraction of sp³-hybridized carbons (Fsp3) is 0.147. The second kappa shape index (κ2) is 9.46. The van der Waals surface area contributed by atoms with Gasteiger partial charge in [0.25, 0.3) is 0 Å². The van der Waals surface area contributed by atoms with Gasteiger partial charge in [0.2, 0.25) is 5.91 Å². The molecule has 3 aliphatic rings. The molecule has 7 heteroatoms. The Morgan fingerprint density at radius 3 is 2.37 bits per heavy atom. The summed E-state index contributed by atoms with van der Waals surface area (Å²) < 4.78 is 5.30. The lowest BCUT2D eigenvalue weighted by molar-refractivity contribution is -0.122. The van der Waals surface area contributed by atoms with Crippen molar-refractivity contribution in [3.05, 3.63) is 136 Å². The van der Waals surface area contributed by atoms with Crippen LogP contribution in [-0.2, 0) is 10.2 Å². The Morgan fingerprint density at radius 1 is 0.878 bits per heavy atom. The fourth-order valence-electron chi connectivity index (χ4n) is 6.92. The number of ether oxygens (including phenoxy) is 1. The molecule has 4 aromatic rings. The Balaban J connectivity index is 1.53. The number of hydrogen-bond acceptors (Lipinski definition) is 5. The number of nitrogens with one attached hydrogen (secondary N) is 1.